The van der Waals surface area contributed by atoms with Crippen molar-refractivity contribution in [1.29, 1.82) is 0 Å². The Morgan fingerprint density at radius 2 is 1.55 bits per heavy atom. The molecule has 2 heteroatoms. The van der Waals surface area contributed by atoms with Crippen molar-refractivity contribution in [3.8, 4) is 0 Å². The molecule has 1 saturated heterocycles. The Bertz CT molecular complexity index is 144. The molecule has 0 radical (unpaired) electrons. The molecule has 0 unspecified atom stereocenters. The number of likely N-dealkylation sites (N-methyl/N-ethyl adjacent to an activating group) is 1. The van der Waals surface area contributed by atoms with Crippen molar-refractivity contribution in [2.45, 2.75) is 25.3 Å². The summed E-state index contributed by atoms with van der Waals surface area (Å²) in [6.45, 7) is 7.49. The third kappa shape index (κ3) is 1.42. The van der Waals surface area contributed by atoms with Gasteiger partial charge in [-0.05, 0) is 26.8 Å². The van der Waals surface area contributed by atoms with Crippen LogP contribution in [0, 0.1) is 0 Å². The smallest absolute Gasteiger partial charge is 0.0183 e. The van der Waals surface area contributed by atoms with Crippen LogP contribution in [0.15, 0.2) is 0 Å². The molecule has 0 aromatic heterocycles. The van der Waals surface area contributed by atoms with Gasteiger partial charge in [-0.3, -0.25) is 4.90 Å². The highest BCUT2D eigenvalue weighted by molar-refractivity contribution is 5.00. The van der Waals surface area contributed by atoms with Crippen LogP contribution in [0.25, 0.3) is 0 Å². The minimum Gasteiger partial charge on any atom is -0.304 e. The maximum atomic E-state index is 2.66. The summed E-state index contributed by atoms with van der Waals surface area (Å²) in [5.74, 6) is 0. The lowest BCUT2D eigenvalue weighted by atomic mass is 10.2. The van der Waals surface area contributed by atoms with E-state index in [1.807, 2.05) is 0 Å². The molecule has 1 aliphatic heterocycles. The highest BCUT2D eigenvalue weighted by atomic mass is 15.3. The summed E-state index contributed by atoms with van der Waals surface area (Å²) >= 11 is 0. The van der Waals surface area contributed by atoms with Crippen molar-refractivity contribution in [2.75, 3.05) is 33.2 Å². The molecule has 2 nitrogen and oxygen atoms in total. The summed E-state index contributed by atoms with van der Waals surface area (Å²) in [6, 6.07) is 0. The quantitative estimate of drug-likeness (QED) is 0.551. The Hall–Kier alpha value is -0.0800. The van der Waals surface area contributed by atoms with Crippen LogP contribution in [0.1, 0.15) is 19.8 Å². The zero-order valence-electron chi connectivity index (χ0n) is 7.64. The van der Waals surface area contributed by atoms with Crippen LogP contribution in [0.2, 0.25) is 0 Å². The van der Waals surface area contributed by atoms with Crippen molar-refractivity contribution in [3.63, 3.8) is 0 Å². The summed E-state index contributed by atoms with van der Waals surface area (Å²) in [4.78, 5) is 5.08. The van der Waals surface area contributed by atoms with E-state index in [0.717, 1.165) is 0 Å². The van der Waals surface area contributed by atoms with Gasteiger partial charge in [0.1, 0.15) is 0 Å². The molecular formula is C9H18N2. The van der Waals surface area contributed by atoms with Gasteiger partial charge in [-0.2, -0.15) is 0 Å². The van der Waals surface area contributed by atoms with E-state index in [1.165, 1.54) is 39.0 Å². The highest BCUT2D eigenvalue weighted by Crippen LogP contribution is 2.41. The Morgan fingerprint density at radius 1 is 1.00 bits per heavy atom. The van der Waals surface area contributed by atoms with Crippen LogP contribution in [-0.2, 0) is 0 Å². The zero-order chi connectivity index (χ0) is 7.90. The van der Waals surface area contributed by atoms with E-state index in [1.54, 1.807) is 0 Å². The molecule has 1 aliphatic carbocycles. The third-order valence-electron chi connectivity index (χ3n) is 3.24. The van der Waals surface area contributed by atoms with Crippen molar-refractivity contribution in [1.82, 2.24) is 9.80 Å². The average molecular weight is 154 g/mol. The van der Waals surface area contributed by atoms with Crippen LogP contribution in [0.3, 0.4) is 0 Å². The van der Waals surface area contributed by atoms with Gasteiger partial charge in [-0.15, -0.1) is 0 Å². The summed E-state index contributed by atoms with van der Waals surface area (Å²) in [7, 11) is 2.21. The molecule has 0 aromatic carbocycles. The van der Waals surface area contributed by atoms with Crippen LogP contribution >= 0.6 is 0 Å². The molecule has 1 saturated carbocycles. The van der Waals surface area contributed by atoms with Crippen molar-refractivity contribution in [2.24, 2.45) is 0 Å². The molecular weight excluding hydrogens is 136 g/mol. The first kappa shape index (κ1) is 7.56. The topological polar surface area (TPSA) is 6.48 Å². The first-order chi connectivity index (χ1) is 5.21. The Balaban J connectivity index is 1.87. The number of hydrogen-bond donors (Lipinski definition) is 0. The van der Waals surface area contributed by atoms with Gasteiger partial charge >= 0.3 is 0 Å². The number of piperazine rings is 1. The second-order valence-electron chi connectivity index (χ2n) is 4.29. The van der Waals surface area contributed by atoms with E-state index in [9.17, 15) is 0 Å². The van der Waals surface area contributed by atoms with Gasteiger partial charge in [0.25, 0.3) is 0 Å². The predicted octanol–water partition coefficient (Wildman–Crippen LogP) is 0.786. The lowest BCUT2D eigenvalue weighted by molar-refractivity contribution is 0.107. The fourth-order valence-corrected chi connectivity index (χ4v) is 1.84. The molecule has 0 amide bonds. The number of hydrogen-bond acceptors (Lipinski definition) is 2. The van der Waals surface area contributed by atoms with Crippen molar-refractivity contribution >= 4 is 0 Å². The van der Waals surface area contributed by atoms with E-state index in [-0.39, 0.29) is 0 Å². The molecule has 0 N–H and O–H groups in total. The number of rotatable bonds is 1. The summed E-state index contributed by atoms with van der Waals surface area (Å²) < 4.78 is 0. The molecule has 0 atom stereocenters. The standard InChI is InChI=1S/C9H18N2/c1-9(3-4-9)11-7-5-10(2)6-8-11/h3-8H2,1-2H3. The fraction of sp³-hybridized carbons (Fsp3) is 1.00. The maximum absolute atomic E-state index is 2.66. The molecule has 11 heavy (non-hydrogen) atoms. The largest absolute Gasteiger partial charge is 0.304 e. The van der Waals surface area contributed by atoms with Gasteiger partial charge in [-0.1, -0.05) is 0 Å². The molecule has 0 aromatic rings. The molecule has 0 spiro atoms. The molecule has 2 rings (SSSR count). The van der Waals surface area contributed by atoms with Crippen molar-refractivity contribution < 1.29 is 0 Å². The lowest BCUT2D eigenvalue weighted by Crippen LogP contribution is -2.49. The molecule has 64 valence electrons. The van der Waals surface area contributed by atoms with Gasteiger partial charge < -0.3 is 4.90 Å². The predicted molar refractivity (Wildman–Crippen MR) is 46.7 cm³/mol. The van der Waals surface area contributed by atoms with Gasteiger partial charge in [0.15, 0.2) is 0 Å². The second kappa shape index (κ2) is 2.46. The van der Waals surface area contributed by atoms with Gasteiger partial charge in [0.2, 0.25) is 0 Å². The normalized spacial score (nSPS) is 32.2. The van der Waals surface area contributed by atoms with E-state index >= 15 is 0 Å². The minimum atomic E-state index is 0.612. The Kier molecular flexibility index (Phi) is 1.69. The summed E-state index contributed by atoms with van der Waals surface area (Å²) in [6.07, 6.45) is 2.85. The molecule has 2 aliphatic rings. The van der Waals surface area contributed by atoms with Crippen LogP contribution < -0.4 is 0 Å². The first-order valence-electron chi connectivity index (χ1n) is 4.64. The minimum absolute atomic E-state index is 0.612. The summed E-state index contributed by atoms with van der Waals surface area (Å²) in [5.41, 5.74) is 0.612. The maximum Gasteiger partial charge on any atom is 0.0183 e. The van der Waals surface area contributed by atoms with E-state index in [2.05, 4.69) is 23.8 Å². The van der Waals surface area contributed by atoms with Crippen molar-refractivity contribution in [3.05, 3.63) is 0 Å². The van der Waals surface area contributed by atoms with Crippen LogP contribution in [0.5, 0.6) is 0 Å². The second-order valence-corrected chi connectivity index (χ2v) is 4.29. The zero-order valence-corrected chi connectivity index (χ0v) is 7.64. The summed E-state index contributed by atoms with van der Waals surface area (Å²) in [5, 5.41) is 0. The Labute approximate surface area is 69.2 Å². The molecule has 2 fully saturated rings. The lowest BCUT2D eigenvalue weighted by Gasteiger charge is -2.36. The first-order valence-corrected chi connectivity index (χ1v) is 4.64. The fourth-order valence-electron chi connectivity index (χ4n) is 1.84. The monoisotopic (exact) mass is 154 g/mol. The Morgan fingerprint density at radius 3 is 2.00 bits per heavy atom. The van der Waals surface area contributed by atoms with Gasteiger partial charge in [0.05, 0.1) is 0 Å². The average Bonchev–Trinajstić information content (AvgIpc) is 2.70. The third-order valence-corrected chi connectivity index (χ3v) is 3.24. The SMILES string of the molecule is CN1CCN(C2(C)CC2)CC1. The molecule has 0 bridgehead atoms. The van der Waals surface area contributed by atoms with Crippen LogP contribution in [0.4, 0.5) is 0 Å². The number of nitrogens with zero attached hydrogens (tertiary/aromatic N) is 2. The van der Waals surface area contributed by atoms with E-state index in [4.69, 9.17) is 0 Å². The van der Waals surface area contributed by atoms with Gasteiger partial charge in [0, 0.05) is 31.7 Å². The van der Waals surface area contributed by atoms with Crippen LogP contribution in [-0.4, -0.2) is 48.6 Å². The van der Waals surface area contributed by atoms with E-state index < -0.39 is 0 Å². The molecule has 1 heterocycles. The highest BCUT2D eigenvalue weighted by Gasteiger charge is 2.43. The van der Waals surface area contributed by atoms with E-state index in [0.29, 0.717) is 5.54 Å². The van der Waals surface area contributed by atoms with Gasteiger partial charge in [-0.25, -0.2) is 0 Å².